The number of carbonyl (C=O) groups excluding carboxylic acids is 3. The van der Waals surface area contributed by atoms with Crippen molar-refractivity contribution in [2.45, 2.75) is 0 Å². The summed E-state index contributed by atoms with van der Waals surface area (Å²) in [7, 11) is 0. The van der Waals surface area contributed by atoms with Crippen molar-refractivity contribution in [1.82, 2.24) is 5.32 Å². The lowest BCUT2D eigenvalue weighted by Gasteiger charge is -2.03. The van der Waals surface area contributed by atoms with E-state index in [1.54, 1.807) is 23.6 Å². The molecule has 0 aliphatic rings. The molecule has 118 valence electrons. The van der Waals surface area contributed by atoms with Gasteiger partial charge >= 0.3 is 5.97 Å². The molecule has 0 saturated heterocycles. The molecule has 0 atom stereocenters. The first kappa shape index (κ1) is 17.1. The number of ether oxygens (including phenoxy) is 1. The van der Waals surface area contributed by atoms with E-state index >= 15 is 0 Å². The number of esters is 1. The van der Waals surface area contributed by atoms with E-state index in [0.717, 1.165) is 10.0 Å². The van der Waals surface area contributed by atoms with Crippen molar-refractivity contribution in [1.29, 1.82) is 0 Å². The first-order valence-electron chi connectivity index (χ1n) is 6.52. The fourth-order valence-electron chi connectivity index (χ4n) is 1.59. The van der Waals surface area contributed by atoms with Gasteiger partial charge in [-0.3, -0.25) is 14.9 Å². The van der Waals surface area contributed by atoms with Gasteiger partial charge in [-0.1, -0.05) is 34.1 Å². The Balaban J connectivity index is 1.77. The second kappa shape index (κ2) is 8.40. The summed E-state index contributed by atoms with van der Waals surface area (Å²) in [6.07, 6.45) is 2.79. The molecule has 7 heteroatoms. The summed E-state index contributed by atoms with van der Waals surface area (Å²) in [5.74, 6) is -1.85. The van der Waals surface area contributed by atoms with Crippen LogP contribution >= 0.6 is 27.3 Å². The standard InChI is InChI=1S/C16H12BrNO4S/c17-12-4-1-3-11(9-12)6-7-15(20)22-10-14(19)18-16(21)13-5-2-8-23-13/h1-9H,10H2,(H,18,19,21)/b7-6+. The van der Waals surface area contributed by atoms with E-state index in [2.05, 4.69) is 21.2 Å². The summed E-state index contributed by atoms with van der Waals surface area (Å²) in [5, 5.41) is 3.87. The van der Waals surface area contributed by atoms with Crippen molar-refractivity contribution in [3.8, 4) is 0 Å². The highest BCUT2D eigenvalue weighted by atomic mass is 79.9. The molecule has 0 bridgehead atoms. The molecule has 2 amide bonds. The van der Waals surface area contributed by atoms with Crippen molar-refractivity contribution in [3.05, 3.63) is 62.8 Å². The maximum Gasteiger partial charge on any atom is 0.331 e. The zero-order valence-corrected chi connectivity index (χ0v) is 14.2. The van der Waals surface area contributed by atoms with Crippen molar-refractivity contribution >= 4 is 51.1 Å². The van der Waals surface area contributed by atoms with Crippen LogP contribution in [0, 0.1) is 0 Å². The van der Waals surface area contributed by atoms with Crippen LogP contribution in [0.3, 0.4) is 0 Å². The average Bonchev–Trinajstić information content (AvgIpc) is 3.05. The molecule has 5 nitrogen and oxygen atoms in total. The van der Waals surface area contributed by atoms with Crippen molar-refractivity contribution < 1.29 is 19.1 Å². The normalized spacial score (nSPS) is 10.5. The maximum atomic E-state index is 11.6. The van der Waals surface area contributed by atoms with Gasteiger partial charge < -0.3 is 4.74 Å². The van der Waals surface area contributed by atoms with Crippen LogP contribution in [0.4, 0.5) is 0 Å². The fraction of sp³-hybridized carbons (Fsp3) is 0.0625. The van der Waals surface area contributed by atoms with Crippen LogP contribution in [0.2, 0.25) is 0 Å². The first-order chi connectivity index (χ1) is 11.0. The molecule has 0 radical (unpaired) electrons. The predicted octanol–water partition coefficient (Wildman–Crippen LogP) is 3.02. The van der Waals surface area contributed by atoms with E-state index in [-0.39, 0.29) is 0 Å². The summed E-state index contributed by atoms with van der Waals surface area (Å²) >= 11 is 4.54. The molecule has 1 N–H and O–H groups in total. The number of amides is 2. The predicted molar refractivity (Wildman–Crippen MR) is 90.9 cm³/mol. The number of thiophene rings is 1. The van der Waals surface area contributed by atoms with E-state index in [1.165, 1.54) is 17.4 Å². The molecule has 0 unspecified atom stereocenters. The molecule has 2 aromatic rings. The Bertz CT molecular complexity index is 740. The van der Waals surface area contributed by atoms with Crippen LogP contribution in [0.5, 0.6) is 0 Å². The Morgan fingerprint density at radius 2 is 2.04 bits per heavy atom. The zero-order valence-electron chi connectivity index (χ0n) is 11.8. The Hall–Kier alpha value is -2.25. The molecule has 1 aromatic heterocycles. The summed E-state index contributed by atoms with van der Waals surface area (Å²) in [6, 6.07) is 10.7. The van der Waals surface area contributed by atoms with Crippen LogP contribution in [-0.2, 0) is 14.3 Å². The minimum Gasteiger partial charge on any atom is -0.452 e. The molecule has 1 aromatic carbocycles. The third kappa shape index (κ3) is 5.80. The van der Waals surface area contributed by atoms with Gasteiger partial charge in [-0.2, -0.15) is 0 Å². The number of nitrogens with one attached hydrogen (secondary N) is 1. The minimum absolute atomic E-state index is 0.416. The molecule has 0 saturated carbocycles. The lowest BCUT2D eigenvalue weighted by Crippen LogP contribution is -2.33. The van der Waals surface area contributed by atoms with E-state index < -0.39 is 24.4 Å². The smallest absolute Gasteiger partial charge is 0.331 e. The highest BCUT2D eigenvalue weighted by Crippen LogP contribution is 2.12. The minimum atomic E-state index is -0.674. The van der Waals surface area contributed by atoms with Crippen molar-refractivity contribution in [2.75, 3.05) is 6.61 Å². The second-order valence-corrected chi connectivity index (χ2v) is 6.21. The molecule has 0 aliphatic carbocycles. The lowest BCUT2D eigenvalue weighted by molar-refractivity contribution is -0.143. The highest BCUT2D eigenvalue weighted by Gasteiger charge is 2.12. The SMILES string of the molecule is O=C(COC(=O)/C=C/c1cccc(Br)c1)NC(=O)c1cccs1. The van der Waals surface area contributed by atoms with Gasteiger partial charge in [-0.05, 0) is 35.2 Å². The molecule has 1 heterocycles. The average molecular weight is 394 g/mol. The fourth-order valence-corrected chi connectivity index (χ4v) is 2.63. The van der Waals surface area contributed by atoms with Crippen LogP contribution in [0.25, 0.3) is 6.08 Å². The summed E-state index contributed by atoms with van der Waals surface area (Å²) in [5.41, 5.74) is 0.814. The lowest BCUT2D eigenvalue weighted by atomic mass is 10.2. The molecule has 0 spiro atoms. The van der Waals surface area contributed by atoms with E-state index in [9.17, 15) is 14.4 Å². The highest BCUT2D eigenvalue weighted by molar-refractivity contribution is 9.10. The van der Waals surface area contributed by atoms with Crippen LogP contribution in [0.15, 0.2) is 52.3 Å². The number of imide groups is 1. The Morgan fingerprint density at radius 3 is 2.74 bits per heavy atom. The summed E-state index contributed by atoms with van der Waals surface area (Å²) in [4.78, 5) is 35.1. The van der Waals surface area contributed by atoms with Crippen molar-refractivity contribution in [2.24, 2.45) is 0 Å². The number of hydrogen-bond donors (Lipinski definition) is 1. The van der Waals surface area contributed by atoms with Crippen LogP contribution < -0.4 is 5.32 Å². The number of hydrogen-bond acceptors (Lipinski definition) is 5. The number of benzene rings is 1. The Morgan fingerprint density at radius 1 is 1.22 bits per heavy atom. The monoisotopic (exact) mass is 393 g/mol. The quantitative estimate of drug-likeness (QED) is 0.625. The summed E-state index contributed by atoms with van der Waals surface area (Å²) < 4.78 is 5.66. The molecular weight excluding hydrogens is 382 g/mol. The molecule has 23 heavy (non-hydrogen) atoms. The van der Waals surface area contributed by atoms with E-state index in [4.69, 9.17) is 4.74 Å². The van der Waals surface area contributed by atoms with E-state index in [1.807, 2.05) is 24.3 Å². The van der Waals surface area contributed by atoms with Gasteiger partial charge in [0.2, 0.25) is 0 Å². The first-order valence-corrected chi connectivity index (χ1v) is 8.20. The summed E-state index contributed by atoms with van der Waals surface area (Å²) in [6.45, 7) is -0.515. The molecule has 2 rings (SSSR count). The second-order valence-electron chi connectivity index (χ2n) is 4.35. The zero-order chi connectivity index (χ0) is 16.7. The molecular formula is C16H12BrNO4S. The van der Waals surface area contributed by atoms with Crippen molar-refractivity contribution in [3.63, 3.8) is 0 Å². The van der Waals surface area contributed by atoms with E-state index in [0.29, 0.717) is 4.88 Å². The van der Waals surface area contributed by atoms with Gasteiger partial charge in [0.15, 0.2) is 6.61 Å². The largest absolute Gasteiger partial charge is 0.452 e. The third-order valence-electron chi connectivity index (χ3n) is 2.60. The topological polar surface area (TPSA) is 72.5 Å². The number of halogens is 1. The van der Waals surface area contributed by atoms with Gasteiger partial charge in [-0.15, -0.1) is 11.3 Å². The third-order valence-corrected chi connectivity index (χ3v) is 3.97. The Labute approximate surface area is 145 Å². The molecule has 0 fully saturated rings. The number of carbonyl (C=O) groups is 3. The number of rotatable bonds is 5. The maximum absolute atomic E-state index is 11.6. The van der Waals surface area contributed by atoms with Gasteiger partial charge in [0, 0.05) is 10.5 Å². The van der Waals surface area contributed by atoms with Gasteiger partial charge in [0.05, 0.1) is 4.88 Å². The van der Waals surface area contributed by atoms with Crippen LogP contribution in [0.1, 0.15) is 15.2 Å². The molecule has 0 aliphatic heterocycles. The Kier molecular flexibility index (Phi) is 6.25. The van der Waals surface area contributed by atoms with Gasteiger partial charge in [-0.25, -0.2) is 4.79 Å². The van der Waals surface area contributed by atoms with Crippen LogP contribution in [-0.4, -0.2) is 24.4 Å². The van der Waals surface area contributed by atoms with Gasteiger partial charge in [0.1, 0.15) is 0 Å². The van der Waals surface area contributed by atoms with Gasteiger partial charge in [0.25, 0.3) is 11.8 Å².